The molecule has 0 saturated heterocycles. The van der Waals surface area contributed by atoms with Gasteiger partial charge in [-0.15, -0.1) is 0 Å². The Kier molecular flexibility index (Phi) is 7.26. The van der Waals surface area contributed by atoms with Crippen LogP contribution in [-0.2, 0) is 9.59 Å². The van der Waals surface area contributed by atoms with Crippen LogP contribution in [0.3, 0.4) is 0 Å². The van der Waals surface area contributed by atoms with E-state index in [9.17, 15) is 9.59 Å². The standard InChI is InChI=1S/C18H19Cl2N3O3/c1-23(10-17(24)21-13-5-3-12(19)4-6-13)11-18(25)22-14-7-8-16(26-2)15(20)9-14/h3-9H,10-11H2,1-2H3,(H,21,24)(H,22,25). The highest BCUT2D eigenvalue weighted by Crippen LogP contribution is 2.27. The third-order valence-corrected chi connectivity index (χ3v) is 3.94. The van der Waals surface area contributed by atoms with Gasteiger partial charge in [-0.1, -0.05) is 23.2 Å². The van der Waals surface area contributed by atoms with E-state index in [0.717, 1.165) is 0 Å². The van der Waals surface area contributed by atoms with Crippen LogP contribution in [0.4, 0.5) is 11.4 Å². The van der Waals surface area contributed by atoms with Crippen LogP contribution in [0.2, 0.25) is 10.0 Å². The van der Waals surface area contributed by atoms with E-state index in [0.29, 0.717) is 27.2 Å². The number of likely N-dealkylation sites (N-methyl/N-ethyl adjacent to an activating group) is 1. The number of carbonyl (C=O) groups excluding carboxylic acids is 2. The summed E-state index contributed by atoms with van der Waals surface area (Å²) in [6, 6.07) is 11.8. The van der Waals surface area contributed by atoms with E-state index in [1.165, 1.54) is 7.11 Å². The van der Waals surface area contributed by atoms with Crippen molar-refractivity contribution < 1.29 is 14.3 Å². The van der Waals surface area contributed by atoms with Crippen molar-refractivity contribution in [2.45, 2.75) is 0 Å². The zero-order chi connectivity index (χ0) is 19.1. The summed E-state index contributed by atoms with van der Waals surface area (Å²) in [6.07, 6.45) is 0. The van der Waals surface area contributed by atoms with Gasteiger partial charge in [-0.3, -0.25) is 14.5 Å². The van der Waals surface area contributed by atoms with E-state index in [2.05, 4.69) is 10.6 Å². The van der Waals surface area contributed by atoms with Crippen LogP contribution in [0, 0.1) is 0 Å². The second-order valence-corrected chi connectivity index (χ2v) is 6.47. The zero-order valence-corrected chi connectivity index (χ0v) is 15.9. The molecule has 0 aliphatic heterocycles. The monoisotopic (exact) mass is 395 g/mol. The molecule has 2 aromatic rings. The predicted molar refractivity (Wildman–Crippen MR) is 104 cm³/mol. The molecule has 0 aliphatic carbocycles. The first kappa shape index (κ1) is 20.0. The molecule has 0 fully saturated rings. The summed E-state index contributed by atoms with van der Waals surface area (Å²) in [4.78, 5) is 25.7. The van der Waals surface area contributed by atoms with E-state index in [4.69, 9.17) is 27.9 Å². The van der Waals surface area contributed by atoms with Gasteiger partial charge in [-0.05, 0) is 49.5 Å². The van der Waals surface area contributed by atoms with Gasteiger partial charge >= 0.3 is 0 Å². The first-order chi connectivity index (χ1) is 12.4. The number of rotatable bonds is 7. The Bertz CT molecular complexity index is 782. The molecule has 26 heavy (non-hydrogen) atoms. The van der Waals surface area contributed by atoms with Gasteiger partial charge in [-0.2, -0.15) is 0 Å². The SMILES string of the molecule is COc1ccc(NC(=O)CN(C)CC(=O)Nc2ccc(Cl)cc2)cc1Cl. The maximum atomic E-state index is 12.1. The molecule has 6 nitrogen and oxygen atoms in total. The van der Waals surface area contributed by atoms with Gasteiger partial charge < -0.3 is 15.4 Å². The summed E-state index contributed by atoms with van der Waals surface area (Å²) in [5, 5.41) is 6.46. The lowest BCUT2D eigenvalue weighted by Crippen LogP contribution is -2.36. The highest BCUT2D eigenvalue weighted by atomic mass is 35.5. The number of amides is 2. The number of ether oxygens (including phenoxy) is 1. The first-order valence-electron chi connectivity index (χ1n) is 7.74. The van der Waals surface area contributed by atoms with Crippen LogP contribution in [0.1, 0.15) is 0 Å². The Morgan fingerprint density at radius 3 is 2.04 bits per heavy atom. The molecule has 0 heterocycles. The van der Waals surface area contributed by atoms with Gasteiger partial charge in [0.05, 0.1) is 25.2 Å². The normalized spacial score (nSPS) is 10.5. The van der Waals surface area contributed by atoms with E-state index in [1.807, 2.05) is 0 Å². The highest BCUT2D eigenvalue weighted by molar-refractivity contribution is 6.32. The molecule has 0 aromatic heterocycles. The average molecular weight is 396 g/mol. The van der Waals surface area contributed by atoms with Crippen LogP contribution >= 0.6 is 23.2 Å². The minimum atomic E-state index is -0.256. The Labute approximate surface area is 162 Å². The summed E-state index contributed by atoms with van der Waals surface area (Å²) in [7, 11) is 3.20. The van der Waals surface area contributed by atoms with Gasteiger partial charge in [0.15, 0.2) is 0 Å². The van der Waals surface area contributed by atoms with Crippen molar-refractivity contribution in [3.63, 3.8) is 0 Å². The molecule has 2 N–H and O–H groups in total. The van der Waals surface area contributed by atoms with Crippen LogP contribution in [0.25, 0.3) is 0 Å². The fourth-order valence-electron chi connectivity index (χ4n) is 2.22. The number of hydrogen-bond donors (Lipinski definition) is 2. The number of nitrogens with one attached hydrogen (secondary N) is 2. The molecule has 0 aliphatic rings. The van der Waals surface area contributed by atoms with Crippen molar-refractivity contribution in [3.8, 4) is 5.75 Å². The van der Waals surface area contributed by atoms with Gasteiger partial charge in [0.25, 0.3) is 0 Å². The minimum absolute atomic E-state index is 0.0533. The number of nitrogens with zero attached hydrogens (tertiary/aromatic N) is 1. The van der Waals surface area contributed by atoms with Gasteiger partial charge in [0.2, 0.25) is 11.8 Å². The van der Waals surface area contributed by atoms with Crippen molar-refractivity contribution >= 4 is 46.4 Å². The highest BCUT2D eigenvalue weighted by Gasteiger charge is 2.12. The van der Waals surface area contributed by atoms with Gasteiger partial charge in [0, 0.05) is 16.4 Å². The van der Waals surface area contributed by atoms with E-state index < -0.39 is 0 Å². The van der Waals surface area contributed by atoms with Crippen molar-refractivity contribution in [1.29, 1.82) is 0 Å². The fourth-order valence-corrected chi connectivity index (χ4v) is 2.61. The van der Waals surface area contributed by atoms with Crippen molar-refractivity contribution in [2.24, 2.45) is 0 Å². The van der Waals surface area contributed by atoms with Crippen LogP contribution < -0.4 is 15.4 Å². The summed E-state index contributed by atoms with van der Waals surface area (Å²) in [5.74, 6) is 0.0452. The number of benzene rings is 2. The summed E-state index contributed by atoms with van der Waals surface area (Å²) >= 11 is 11.8. The van der Waals surface area contributed by atoms with Crippen molar-refractivity contribution in [2.75, 3.05) is 37.9 Å². The quantitative estimate of drug-likeness (QED) is 0.752. The largest absolute Gasteiger partial charge is 0.495 e. The smallest absolute Gasteiger partial charge is 0.238 e. The molecule has 0 unspecified atom stereocenters. The fraction of sp³-hybridized carbons (Fsp3) is 0.222. The lowest BCUT2D eigenvalue weighted by atomic mass is 10.3. The Hall–Kier alpha value is -2.28. The van der Waals surface area contributed by atoms with Crippen molar-refractivity contribution in [3.05, 3.63) is 52.5 Å². The van der Waals surface area contributed by atoms with E-state index >= 15 is 0 Å². The van der Waals surface area contributed by atoms with Gasteiger partial charge in [0.1, 0.15) is 5.75 Å². The van der Waals surface area contributed by atoms with Crippen LogP contribution in [0.15, 0.2) is 42.5 Å². The molecule has 0 atom stereocenters. The van der Waals surface area contributed by atoms with Crippen LogP contribution in [-0.4, -0.2) is 44.0 Å². The Morgan fingerprint density at radius 2 is 1.50 bits per heavy atom. The number of carbonyl (C=O) groups is 2. The maximum Gasteiger partial charge on any atom is 0.238 e. The van der Waals surface area contributed by atoms with Crippen molar-refractivity contribution in [1.82, 2.24) is 4.90 Å². The third kappa shape index (κ3) is 6.22. The lowest BCUT2D eigenvalue weighted by molar-refractivity contribution is -0.119. The number of methoxy groups -OCH3 is 1. The number of hydrogen-bond acceptors (Lipinski definition) is 4. The molecule has 138 valence electrons. The predicted octanol–water partition coefficient (Wildman–Crippen LogP) is 3.51. The Morgan fingerprint density at radius 1 is 0.962 bits per heavy atom. The van der Waals surface area contributed by atoms with Gasteiger partial charge in [-0.25, -0.2) is 0 Å². The Balaban J connectivity index is 1.81. The summed E-state index contributed by atoms with van der Waals surface area (Å²) in [6.45, 7) is 0.122. The zero-order valence-electron chi connectivity index (χ0n) is 14.4. The first-order valence-corrected chi connectivity index (χ1v) is 8.50. The van der Waals surface area contributed by atoms with E-state index in [1.54, 1.807) is 54.4 Å². The molecule has 0 radical (unpaired) electrons. The number of halogens is 2. The molecule has 2 aromatic carbocycles. The summed E-state index contributed by atoms with van der Waals surface area (Å²) in [5.41, 5.74) is 1.20. The maximum absolute atomic E-state index is 12.1. The lowest BCUT2D eigenvalue weighted by Gasteiger charge is -2.16. The number of anilines is 2. The molecule has 2 rings (SSSR count). The molecule has 8 heteroatoms. The minimum Gasteiger partial charge on any atom is -0.495 e. The third-order valence-electron chi connectivity index (χ3n) is 3.39. The van der Waals surface area contributed by atoms with E-state index in [-0.39, 0.29) is 24.9 Å². The molecule has 0 saturated carbocycles. The summed E-state index contributed by atoms with van der Waals surface area (Å²) < 4.78 is 5.06. The second-order valence-electron chi connectivity index (χ2n) is 5.62. The molecular formula is C18H19Cl2N3O3. The average Bonchev–Trinajstić information content (AvgIpc) is 2.56. The molecule has 2 amide bonds. The molecule has 0 bridgehead atoms. The van der Waals surface area contributed by atoms with Crippen LogP contribution in [0.5, 0.6) is 5.75 Å². The topological polar surface area (TPSA) is 70.7 Å². The molecule has 0 spiro atoms. The molecular weight excluding hydrogens is 377 g/mol. The second kappa shape index (κ2) is 9.43.